The predicted molar refractivity (Wildman–Crippen MR) is 68.0 cm³/mol. The third kappa shape index (κ3) is 2.41. The molecule has 1 aromatic rings. The standard InChI is InChI=1S/C13H20N4O/c1-10(9-16-7-2-6-14-16)17-8-5-12(13(17)18)15-11-3-4-11/h2,6-7,10-12,15H,3-5,8-9H2,1H3. The van der Waals surface area contributed by atoms with E-state index in [1.54, 1.807) is 6.20 Å². The quantitative estimate of drug-likeness (QED) is 0.831. The van der Waals surface area contributed by atoms with Gasteiger partial charge in [0.05, 0.1) is 12.6 Å². The third-order valence-electron chi connectivity index (χ3n) is 3.80. The monoisotopic (exact) mass is 248 g/mol. The van der Waals surface area contributed by atoms with Crippen LogP contribution in [-0.2, 0) is 11.3 Å². The van der Waals surface area contributed by atoms with Crippen LogP contribution in [0.25, 0.3) is 0 Å². The summed E-state index contributed by atoms with van der Waals surface area (Å²) in [4.78, 5) is 14.3. The van der Waals surface area contributed by atoms with Crippen molar-refractivity contribution < 1.29 is 4.79 Å². The molecule has 0 bridgehead atoms. The molecule has 1 aliphatic heterocycles. The summed E-state index contributed by atoms with van der Waals surface area (Å²) in [6.07, 6.45) is 7.12. The van der Waals surface area contributed by atoms with Gasteiger partial charge < -0.3 is 10.2 Å². The average Bonchev–Trinajstić information content (AvgIpc) is 2.88. The minimum atomic E-state index is 0.0533. The maximum Gasteiger partial charge on any atom is 0.240 e. The summed E-state index contributed by atoms with van der Waals surface area (Å²) in [6, 6.07) is 2.77. The van der Waals surface area contributed by atoms with Gasteiger partial charge in [-0.25, -0.2) is 0 Å². The number of amides is 1. The van der Waals surface area contributed by atoms with E-state index in [9.17, 15) is 4.79 Å². The van der Waals surface area contributed by atoms with E-state index in [2.05, 4.69) is 17.3 Å². The Kier molecular flexibility index (Phi) is 3.07. The fourth-order valence-electron chi connectivity index (χ4n) is 2.61. The normalized spacial score (nSPS) is 25.7. The second kappa shape index (κ2) is 4.72. The molecule has 1 N–H and O–H groups in total. The van der Waals surface area contributed by atoms with Gasteiger partial charge in [0.1, 0.15) is 0 Å². The molecule has 5 heteroatoms. The van der Waals surface area contributed by atoms with Gasteiger partial charge in [0.2, 0.25) is 5.91 Å². The fraction of sp³-hybridized carbons (Fsp3) is 0.692. The number of carbonyl (C=O) groups is 1. The molecule has 98 valence electrons. The first kappa shape index (κ1) is 11.7. The first-order valence-corrected chi connectivity index (χ1v) is 6.78. The molecule has 0 radical (unpaired) electrons. The number of hydrogen-bond acceptors (Lipinski definition) is 3. The van der Waals surface area contributed by atoms with Gasteiger partial charge in [0, 0.05) is 31.0 Å². The minimum Gasteiger partial charge on any atom is -0.337 e. The van der Waals surface area contributed by atoms with Gasteiger partial charge in [0.25, 0.3) is 0 Å². The highest BCUT2D eigenvalue weighted by atomic mass is 16.2. The van der Waals surface area contributed by atoms with E-state index < -0.39 is 0 Å². The number of nitrogens with zero attached hydrogens (tertiary/aromatic N) is 3. The van der Waals surface area contributed by atoms with Crippen molar-refractivity contribution in [3.63, 3.8) is 0 Å². The van der Waals surface area contributed by atoms with Crippen molar-refractivity contribution in [1.29, 1.82) is 0 Å². The zero-order valence-electron chi connectivity index (χ0n) is 10.7. The molecule has 2 unspecified atom stereocenters. The number of rotatable bonds is 5. The summed E-state index contributed by atoms with van der Waals surface area (Å²) in [5, 5.41) is 7.63. The molecular weight excluding hydrogens is 228 g/mol. The lowest BCUT2D eigenvalue weighted by Gasteiger charge is -2.24. The van der Waals surface area contributed by atoms with E-state index in [0.717, 1.165) is 19.5 Å². The van der Waals surface area contributed by atoms with Crippen molar-refractivity contribution in [2.75, 3.05) is 6.54 Å². The molecule has 2 fully saturated rings. The third-order valence-corrected chi connectivity index (χ3v) is 3.80. The maximum atomic E-state index is 12.3. The fourth-order valence-corrected chi connectivity index (χ4v) is 2.61. The van der Waals surface area contributed by atoms with Crippen LogP contribution < -0.4 is 5.32 Å². The highest BCUT2D eigenvalue weighted by Crippen LogP contribution is 2.23. The van der Waals surface area contributed by atoms with Crippen LogP contribution in [0.1, 0.15) is 26.2 Å². The van der Waals surface area contributed by atoms with Crippen LogP contribution in [0.5, 0.6) is 0 Å². The van der Waals surface area contributed by atoms with E-state index in [-0.39, 0.29) is 18.0 Å². The van der Waals surface area contributed by atoms with Crippen molar-refractivity contribution in [3.8, 4) is 0 Å². The van der Waals surface area contributed by atoms with Crippen molar-refractivity contribution in [2.45, 2.75) is 50.9 Å². The minimum absolute atomic E-state index is 0.0533. The molecule has 0 aromatic carbocycles. The van der Waals surface area contributed by atoms with Gasteiger partial charge >= 0.3 is 0 Å². The number of carbonyl (C=O) groups excluding carboxylic acids is 1. The Morgan fingerprint density at radius 1 is 1.50 bits per heavy atom. The van der Waals surface area contributed by atoms with E-state index in [1.807, 2.05) is 21.8 Å². The summed E-state index contributed by atoms with van der Waals surface area (Å²) >= 11 is 0. The lowest BCUT2D eigenvalue weighted by Crippen LogP contribution is -2.43. The highest BCUT2D eigenvalue weighted by molar-refractivity contribution is 5.84. The molecule has 1 saturated carbocycles. The lowest BCUT2D eigenvalue weighted by molar-refractivity contribution is -0.131. The largest absolute Gasteiger partial charge is 0.337 e. The maximum absolute atomic E-state index is 12.3. The summed E-state index contributed by atoms with van der Waals surface area (Å²) in [5.74, 6) is 0.265. The Hall–Kier alpha value is -1.36. The van der Waals surface area contributed by atoms with Gasteiger partial charge in [-0.05, 0) is 32.3 Å². The number of nitrogens with one attached hydrogen (secondary N) is 1. The SMILES string of the molecule is CC(Cn1cccn1)N1CCC(NC2CC2)C1=O. The van der Waals surface area contributed by atoms with Crippen molar-refractivity contribution >= 4 is 5.91 Å². The number of likely N-dealkylation sites (tertiary alicyclic amines) is 1. The highest BCUT2D eigenvalue weighted by Gasteiger charge is 2.37. The number of aromatic nitrogens is 2. The molecule has 5 nitrogen and oxygen atoms in total. The molecule has 2 aliphatic rings. The predicted octanol–water partition coefficient (Wildman–Crippen LogP) is 0.624. The van der Waals surface area contributed by atoms with Crippen LogP contribution in [-0.4, -0.2) is 45.3 Å². The molecule has 1 amide bonds. The second-order valence-electron chi connectivity index (χ2n) is 5.39. The Labute approximate surface area is 107 Å². The molecule has 18 heavy (non-hydrogen) atoms. The Bertz CT molecular complexity index is 413. The molecule has 1 saturated heterocycles. The van der Waals surface area contributed by atoms with E-state index >= 15 is 0 Å². The topological polar surface area (TPSA) is 50.2 Å². The van der Waals surface area contributed by atoms with E-state index in [0.29, 0.717) is 6.04 Å². The van der Waals surface area contributed by atoms with Gasteiger partial charge in [-0.1, -0.05) is 0 Å². The molecule has 1 aromatic heterocycles. The summed E-state index contributed by atoms with van der Waals surface area (Å²) < 4.78 is 1.89. The Morgan fingerprint density at radius 2 is 2.33 bits per heavy atom. The van der Waals surface area contributed by atoms with Gasteiger partial charge in [0.15, 0.2) is 0 Å². The van der Waals surface area contributed by atoms with Crippen LogP contribution >= 0.6 is 0 Å². The van der Waals surface area contributed by atoms with E-state index in [1.165, 1.54) is 12.8 Å². The zero-order valence-corrected chi connectivity index (χ0v) is 10.7. The van der Waals surface area contributed by atoms with Gasteiger partial charge in [-0.15, -0.1) is 0 Å². The van der Waals surface area contributed by atoms with Crippen LogP contribution in [0.3, 0.4) is 0 Å². The van der Waals surface area contributed by atoms with Crippen molar-refractivity contribution in [3.05, 3.63) is 18.5 Å². The van der Waals surface area contributed by atoms with Crippen LogP contribution in [0.15, 0.2) is 18.5 Å². The Balaban J connectivity index is 1.57. The van der Waals surface area contributed by atoms with Crippen LogP contribution in [0.2, 0.25) is 0 Å². The van der Waals surface area contributed by atoms with Crippen molar-refractivity contribution in [1.82, 2.24) is 20.0 Å². The zero-order chi connectivity index (χ0) is 12.5. The van der Waals surface area contributed by atoms with Gasteiger partial charge in [-0.3, -0.25) is 9.48 Å². The molecule has 1 aliphatic carbocycles. The Morgan fingerprint density at radius 3 is 3.00 bits per heavy atom. The smallest absolute Gasteiger partial charge is 0.240 e. The van der Waals surface area contributed by atoms with Crippen LogP contribution in [0.4, 0.5) is 0 Å². The second-order valence-corrected chi connectivity index (χ2v) is 5.39. The van der Waals surface area contributed by atoms with E-state index in [4.69, 9.17) is 0 Å². The first-order chi connectivity index (χ1) is 8.74. The molecule has 2 heterocycles. The molecule has 0 spiro atoms. The molecule has 2 atom stereocenters. The lowest BCUT2D eigenvalue weighted by atomic mass is 10.2. The van der Waals surface area contributed by atoms with Gasteiger partial charge in [-0.2, -0.15) is 5.10 Å². The summed E-state index contributed by atoms with van der Waals surface area (Å²) in [7, 11) is 0. The average molecular weight is 248 g/mol. The summed E-state index contributed by atoms with van der Waals surface area (Å²) in [6.45, 7) is 3.74. The van der Waals surface area contributed by atoms with Crippen LogP contribution in [0, 0.1) is 0 Å². The summed E-state index contributed by atoms with van der Waals surface area (Å²) in [5.41, 5.74) is 0. The molecular formula is C13H20N4O. The first-order valence-electron chi connectivity index (χ1n) is 6.78. The molecule has 3 rings (SSSR count). The van der Waals surface area contributed by atoms with Crippen molar-refractivity contribution in [2.24, 2.45) is 0 Å². The number of hydrogen-bond donors (Lipinski definition) is 1.